The van der Waals surface area contributed by atoms with E-state index in [0.717, 1.165) is 31.2 Å². The van der Waals surface area contributed by atoms with Gasteiger partial charge in [0.05, 0.1) is 10.7 Å². The van der Waals surface area contributed by atoms with E-state index in [1.165, 1.54) is 55.1 Å². The Labute approximate surface area is 157 Å². The molecule has 1 aromatic heterocycles. The van der Waals surface area contributed by atoms with Crippen molar-refractivity contribution in [2.45, 2.75) is 65.3 Å². The van der Waals surface area contributed by atoms with E-state index in [1.54, 1.807) is 11.3 Å². The van der Waals surface area contributed by atoms with E-state index in [9.17, 15) is 0 Å². The maximum atomic E-state index is 4.60. The first-order valence-corrected chi connectivity index (χ1v) is 10.6. The molecule has 1 atom stereocenters. The SMILES string of the molecule is CCCCN1CCCCC1CNC(=NC)NCCc1nc(C)c(C)s1. The smallest absolute Gasteiger partial charge is 0.191 e. The Hall–Kier alpha value is -1.14. The lowest BCUT2D eigenvalue weighted by Crippen LogP contribution is -2.49. The van der Waals surface area contributed by atoms with Crippen LogP contribution >= 0.6 is 11.3 Å². The lowest BCUT2D eigenvalue weighted by molar-refractivity contribution is 0.147. The van der Waals surface area contributed by atoms with Gasteiger partial charge in [0.25, 0.3) is 0 Å². The zero-order valence-corrected chi connectivity index (χ0v) is 17.2. The number of piperidine rings is 1. The molecule has 0 aromatic carbocycles. The Morgan fingerprint density at radius 3 is 2.84 bits per heavy atom. The monoisotopic (exact) mass is 365 g/mol. The number of aryl methyl sites for hydroxylation is 2. The van der Waals surface area contributed by atoms with Gasteiger partial charge in [0.2, 0.25) is 0 Å². The molecule has 2 rings (SSSR count). The molecule has 1 fully saturated rings. The predicted octanol–water partition coefficient (Wildman–Crippen LogP) is 3.12. The molecule has 0 bridgehead atoms. The fourth-order valence-corrected chi connectivity index (χ4v) is 4.25. The van der Waals surface area contributed by atoms with Crippen molar-refractivity contribution in [3.63, 3.8) is 0 Å². The van der Waals surface area contributed by atoms with Gasteiger partial charge in [-0.15, -0.1) is 11.3 Å². The van der Waals surface area contributed by atoms with E-state index in [2.05, 4.69) is 46.3 Å². The summed E-state index contributed by atoms with van der Waals surface area (Å²) in [7, 11) is 1.85. The van der Waals surface area contributed by atoms with Crippen LogP contribution in [0.5, 0.6) is 0 Å². The van der Waals surface area contributed by atoms with Gasteiger partial charge in [-0.1, -0.05) is 19.8 Å². The maximum Gasteiger partial charge on any atom is 0.191 e. The van der Waals surface area contributed by atoms with Crippen LogP contribution < -0.4 is 10.6 Å². The van der Waals surface area contributed by atoms with Crippen LogP contribution in [0.1, 0.15) is 54.6 Å². The van der Waals surface area contributed by atoms with Gasteiger partial charge in [-0.2, -0.15) is 0 Å². The molecule has 1 aromatic rings. The molecule has 2 heterocycles. The third-order valence-corrected chi connectivity index (χ3v) is 6.11. The first-order valence-electron chi connectivity index (χ1n) is 9.75. The first kappa shape index (κ1) is 20.2. The van der Waals surface area contributed by atoms with E-state index in [-0.39, 0.29) is 0 Å². The number of unbranched alkanes of at least 4 members (excludes halogenated alkanes) is 1. The number of hydrogen-bond donors (Lipinski definition) is 2. The number of rotatable bonds is 8. The lowest BCUT2D eigenvalue weighted by Gasteiger charge is -2.36. The Morgan fingerprint density at radius 2 is 2.16 bits per heavy atom. The summed E-state index contributed by atoms with van der Waals surface area (Å²) in [6.07, 6.45) is 7.52. The van der Waals surface area contributed by atoms with Crippen LogP contribution in [0.4, 0.5) is 0 Å². The molecule has 6 heteroatoms. The Balaban J connectivity index is 1.73. The molecule has 0 saturated carbocycles. The standard InChI is InChI=1S/C19H35N5S/c1-5-6-12-24-13-8-7-9-17(24)14-22-19(20-4)21-11-10-18-23-15(2)16(3)25-18/h17H,5-14H2,1-4H3,(H2,20,21,22). The predicted molar refractivity (Wildman–Crippen MR) is 109 cm³/mol. The summed E-state index contributed by atoms with van der Waals surface area (Å²) in [6.45, 7) is 10.8. The second-order valence-corrected chi connectivity index (χ2v) is 8.21. The molecule has 1 aliphatic rings. The van der Waals surface area contributed by atoms with Crippen molar-refractivity contribution in [1.29, 1.82) is 0 Å². The fourth-order valence-electron chi connectivity index (χ4n) is 3.32. The highest BCUT2D eigenvalue weighted by molar-refractivity contribution is 7.11. The Morgan fingerprint density at radius 1 is 1.32 bits per heavy atom. The van der Waals surface area contributed by atoms with E-state index in [4.69, 9.17) is 0 Å². The van der Waals surface area contributed by atoms with Crippen molar-refractivity contribution < 1.29 is 0 Å². The van der Waals surface area contributed by atoms with E-state index in [0.29, 0.717) is 6.04 Å². The second kappa shape index (κ2) is 10.8. The minimum absolute atomic E-state index is 0.642. The minimum atomic E-state index is 0.642. The van der Waals surface area contributed by atoms with Gasteiger partial charge >= 0.3 is 0 Å². The summed E-state index contributed by atoms with van der Waals surface area (Å²) in [5.41, 5.74) is 1.16. The lowest BCUT2D eigenvalue weighted by atomic mass is 10.0. The highest BCUT2D eigenvalue weighted by atomic mass is 32.1. The molecule has 0 spiro atoms. The number of aliphatic imine (C=N–C) groups is 1. The highest BCUT2D eigenvalue weighted by Gasteiger charge is 2.21. The summed E-state index contributed by atoms with van der Waals surface area (Å²) in [6, 6.07) is 0.642. The minimum Gasteiger partial charge on any atom is -0.356 e. The van der Waals surface area contributed by atoms with Crippen molar-refractivity contribution in [2.24, 2.45) is 4.99 Å². The molecule has 0 amide bonds. The number of likely N-dealkylation sites (tertiary alicyclic amines) is 1. The average molecular weight is 366 g/mol. The molecular formula is C19H35N5S. The van der Waals surface area contributed by atoms with Gasteiger partial charge in [0.15, 0.2) is 5.96 Å². The average Bonchev–Trinajstić information content (AvgIpc) is 2.94. The highest BCUT2D eigenvalue weighted by Crippen LogP contribution is 2.17. The number of nitrogens with zero attached hydrogens (tertiary/aromatic N) is 3. The third-order valence-electron chi connectivity index (χ3n) is 4.98. The zero-order chi connectivity index (χ0) is 18.1. The zero-order valence-electron chi connectivity index (χ0n) is 16.4. The van der Waals surface area contributed by atoms with Crippen molar-refractivity contribution >= 4 is 17.3 Å². The molecule has 2 N–H and O–H groups in total. The van der Waals surface area contributed by atoms with Crippen LogP contribution in [0.3, 0.4) is 0 Å². The molecule has 1 saturated heterocycles. The quantitative estimate of drug-likeness (QED) is 0.549. The fraction of sp³-hybridized carbons (Fsp3) is 0.789. The van der Waals surface area contributed by atoms with Crippen molar-refractivity contribution in [1.82, 2.24) is 20.5 Å². The van der Waals surface area contributed by atoms with Gasteiger partial charge < -0.3 is 10.6 Å². The van der Waals surface area contributed by atoms with Gasteiger partial charge in [0.1, 0.15) is 0 Å². The maximum absolute atomic E-state index is 4.60. The van der Waals surface area contributed by atoms with Gasteiger partial charge in [-0.3, -0.25) is 9.89 Å². The summed E-state index contributed by atoms with van der Waals surface area (Å²) in [4.78, 5) is 13.0. The van der Waals surface area contributed by atoms with Crippen LogP contribution in [0.25, 0.3) is 0 Å². The number of aromatic nitrogens is 1. The van der Waals surface area contributed by atoms with Crippen molar-refractivity contribution in [3.8, 4) is 0 Å². The van der Waals surface area contributed by atoms with Crippen LogP contribution in [-0.2, 0) is 6.42 Å². The molecule has 1 aliphatic heterocycles. The summed E-state index contributed by atoms with van der Waals surface area (Å²) in [5.74, 6) is 0.908. The molecule has 1 unspecified atom stereocenters. The topological polar surface area (TPSA) is 52.5 Å². The van der Waals surface area contributed by atoms with E-state index < -0.39 is 0 Å². The van der Waals surface area contributed by atoms with Crippen molar-refractivity contribution in [3.05, 3.63) is 15.6 Å². The van der Waals surface area contributed by atoms with Crippen LogP contribution in [0.2, 0.25) is 0 Å². The third kappa shape index (κ3) is 6.59. The van der Waals surface area contributed by atoms with Crippen molar-refractivity contribution in [2.75, 3.05) is 33.2 Å². The van der Waals surface area contributed by atoms with Crippen LogP contribution in [-0.4, -0.2) is 55.1 Å². The van der Waals surface area contributed by atoms with Crippen LogP contribution in [0, 0.1) is 13.8 Å². The Kier molecular flexibility index (Phi) is 8.68. The summed E-state index contributed by atoms with van der Waals surface area (Å²) < 4.78 is 0. The first-order chi connectivity index (χ1) is 12.1. The molecule has 5 nitrogen and oxygen atoms in total. The normalized spacial score (nSPS) is 19.2. The van der Waals surface area contributed by atoms with Gasteiger partial charge in [-0.05, 0) is 46.2 Å². The summed E-state index contributed by atoms with van der Waals surface area (Å²) in [5, 5.41) is 8.16. The molecule has 0 radical (unpaired) electrons. The van der Waals surface area contributed by atoms with Gasteiger partial charge in [0, 0.05) is 37.5 Å². The largest absolute Gasteiger partial charge is 0.356 e. The number of hydrogen-bond acceptors (Lipinski definition) is 4. The summed E-state index contributed by atoms with van der Waals surface area (Å²) >= 11 is 1.80. The van der Waals surface area contributed by atoms with E-state index in [1.807, 2.05) is 7.05 Å². The van der Waals surface area contributed by atoms with Crippen LogP contribution in [0.15, 0.2) is 4.99 Å². The van der Waals surface area contributed by atoms with E-state index >= 15 is 0 Å². The second-order valence-electron chi connectivity index (χ2n) is 6.92. The Bertz CT molecular complexity index is 520. The number of thiazole rings is 1. The molecule has 0 aliphatic carbocycles. The van der Waals surface area contributed by atoms with Gasteiger partial charge in [-0.25, -0.2) is 4.98 Å². The molecule has 142 valence electrons. The molecular weight excluding hydrogens is 330 g/mol. The number of guanidine groups is 1. The molecule has 25 heavy (non-hydrogen) atoms. The number of nitrogens with one attached hydrogen (secondary N) is 2.